The van der Waals surface area contributed by atoms with Crippen molar-refractivity contribution in [3.8, 4) is 5.69 Å². The summed E-state index contributed by atoms with van der Waals surface area (Å²) >= 11 is 5.82. The molecule has 2 atom stereocenters. The summed E-state index contributed by atoms with van der Waals surface area (Å²) in [7, 11) is 0. The van der Waals surface area contributed by atoms with E-state index < -0.39 is 5.82 Å². The van der Waals surface area contributed by atoms with Crippen molar-refractivity contribution in [3.63, 3.8) is 0 Å². The number of likely N-dealkylation sites (tertiary alicyclic amines) is 1. The molecule has 3 heterocycles. The molecule has 0 bridgehead atoms. The van der Waals surface area contributed by atoms with Gasteiger partial charge in [0.25, 0.3) is 0 Å². The second-order valence-electron chi connectivity index (χ2n) is 6.00. The molecule has 2 aromatic rings. The zero-order chi connectivity index (χ0) is 15.1. The average molecular weight is 322 g/mol. The van der Waals surface area contributed by atoms with E-state index in [1.165, 1.54) is 12.5 Å². The summed E-state index contributed by atoms with van der Waals surface area (Å²) in [5.41, 5.74) is 1.64. The van der Waals surface area contributed by atoms with E-state index in [-0.39, 0.29) is 5.02 Å². The Kier molecular flexibility index (Phi) is 3.60. The van der Waals surface area contributed by atoms with Crippen molar-refractivity contribution in [1.29, 1.82) is 0 Å². The van der Waals surface area contributed by atoms with Gasteiger partial charge in [-0.2, -0.15) is 0 Å². The minimum atomic E-state index is -0.428. The fourth-order valence-corrected chi connectivity index (χ4v) is 3.64. The van der Waals surface area contributed by atoms with Gasteiger partial charge in [-0.3, -0.25) is 4.90 Å². The van der Waals surface area contributed by atoms with Crippen LogP contribution in [-0.4, -0.2) is 45.6 Å². The summed E-state index contributed by atoms with van der Waals surface area (Å²) in [6.45, 7) is 4.11. The summed E-state index contributed by atoms with van der Waals surface area (Å²) in [5, 5.41) is 11.9. The van der Waals surface area contributed by atoms with E-state index in [9.17, 15) is 4.39 Å². The number of fused-ring (bicyclic) bond motifs is 1. The van der Waals surface area contributed by atoms with Crippen molar-refractivity contribution >= 4 is 11.6 Å². The first-order valence-electron chi connectivity index (χ1n) is 7.52. The first-order chi connectivity index (χ1) is 10.7. The fraction of sp³-hybridized carbons (Fsp3) is 0.467. The van der Waals surface area contributed by atoms with E-state index in [0.717, 1.165) is 37.8 Å². The van der Waals surface area contributed by atoms with Gasteiger partial charge in [-0.05, 0) is 43.6 Å². The van der Waals surface area contributed by atoms with Crippen LogP contribution in [-0.2, 0) is 6.54 Å². The van der Waals surface area contributed by atoms with Gasteiger partial charge in [-0.15, -0.1) is 5.10 Å². The number of hydrogen-bond acceptors (Lipinski definition) is 4. The Morgan fingerprint density at radius 3 is 3.14 bits per heavy atom. The van der Waals surface area contributed by atoms with Gasteiger partial charge < -0.3 is 5.32 Å². The van der Waals surface area contributed by atoms with Gasteiger partial charge in [0, 0.05) is 19.1 Å². The molecule has 5 nitrogen and oxygen atoms in total. The van der Waals surface area contributed by atoms with Crippen LogP contribution in [0.15, 0.2) is 24.4 Å². The van der Waals surface area contributed by atoms with Crippen LogP contribution < -0.4 is 5.32 Å². The molecular weight excluding hydrogens is 305 g/mol. The molecule has 2 saturated heterocycles. The molecule has 1 N–H and O–H groups in total. The topological polar surface area (TPSA) is 46.0 Å². The number of hydrogen-bond donors (Lipinski definition) is 1. The van der Waals surface area contributed by atoms with Crippen molar-refractivity contribution in [3.05, 3.63) is 40.9 Å². The van der Waals surface area contributed by atoms with Crippen molar-refractivity contribution in [2.45, 2.75) is 19.0 Å². The van der Waals surface area contributed by atoms with Gasteiger partial charge in [0.1, 0.15) is 5.82 Å². The Balaban J connectivity index is 1.50. The third kappa shape index (κ3) is 2.51. The fourth-order valence-electron chi connectivity index (χ4n) is 3.47. The van der Waals surface area contributed by atoms with E-state index in [4.69, 9.17) is 11.6 Å². The molecule has 2 aliphatic rings. The number of rotatable bonds is 3. The standard InChI is InChI=1S/C15H17ClFN5/c16-13-5-12(1-2-14(13)17)22-9-11(19-20-22)8-21-4-3-10-6-18-7-15(10)21/h1-2,5,9-10,15,18H,3-4,6-8H2/t10-,15+/m1/s1. The van der Waals surface area contributed by atoms with Crippen LogP contribution in [0.3, 0.4) is 0 Å². The Morgan fingerprint density at radius 2 is 2.27 bits per heavy atom. The lowest BCUT2D eigenvalue weighted by molar-refractivity contribution is 0.241. The molecule has 0 aliphatic carbocycles. The summed E-state index contributed by atoms with van der Waals surface area (Å²) in [5.74, 6) is 0.341. The Labute approximate surface area is 133 Å². The molecule has 1 aromatic carbocycles. The summed E-state index contributed by atoms with van der Waals surface area (Å²) in [6, 6.07) is 5.16. The van der Waals surface area contributed by atoms with Gasteiger partial charge in [0.05, 0.1) is 22.6 Å². The quantitative estimate of drug-likeness (QED) is 0.937. The van der Waals surface area contributed by atoms with Crippen LogP contribution in [0, 0.1) is 11.7 Å². The number of benzene rings is 1. The molecule has 116 valence electrons. The average Bonchev–Trinajstić information content (AvgIpc) is 3.20. The van der Waals surface area contributed by atoms with E-state index >= 15 is 0 Å². The van der Waals surface area contributed by atoms with E-state index in [1.54, 1.807) is 16.8 Å². The Hall–Kier alpha value is -1.50. The smallest absolute Gasteiger partial charge is 0.141 e. The highest BCUT2D eigenvalue weighted by atomic mass is 35.5. The Bertz CT molecular complexity index is 688. The van der Waals surface area contributed by atoms with Crippen molar-refractivity contribution < 1.29 is 4.39 Å². The second kappa shape index (κ2) is 5.61. The first-order valence-corrected chi connectivity index (χ1v) is 7.90. The third-order valence-electron chi connectivity index (χ3n) is 4.63. The monoisotopic (exact) mass is 321 g/mol. The molecule has 0 amide bonds. The molecule has 0 saturated carbocycles. The summed E-state index contributed by atoms with van der Waals surface area (Å²) in [4.78, 5) is 2.47. The largest absolute Gasteiger partial charge is 0.315 e. The molecule has 4 rings (SSSR count). The van der Waals surface area contributed by atoms with Crippen LogP contribution in [0.1, 0.15) is 12.1 Å². The third-order valence-corrected chi connectivity index (χ3v) is 4.92. The number of halogens is 2. The van der Waals surface area contributed by atoms with Crippen molar-refractivity contribution in [1.82, 2.24) is 25.2 Å². The summed E-state index contributed by atoms with van der Waals surface area (Å²) < 4.78 is 14.9. The van der Waals surface area contributed by atoms with Gasteiger partial charge >= 0.3 is 0 Å². The lowest BCUT2D eigenvalue weighted by Gasteiger charge is -2.21. The lowest BCUT2D eigenvalue weighted by atomic mass is 10.1. The molecular formula is C15H17ClFN5. The van der Waals surface area contributed by atoms with Crippen LogP contribution in [0.5, 0.6) is 0 Å². The normalized spacial score (nSPS) is 24.8. The second-order valence-corrected chi connectivity index (χ2v) is 6.40. The van der Waals surface area contributed by atoms with Gasteiger partial charge in [-0.1, -0.05) is 16.8 Å². The molecule has 2 fully saturated rings. The van der Waals surface area contributed by atoms with Crippen LogP contribution in [0.2, 0.25) is 5.02 Å². The first kappa shape index (κ1) is 14.1. The number of aromatic nitrogens is 3. The lowest BCUT2D eigenvalue weighted by Crippen LogP contribution is -2.33. The molecule has 1 aromatic heterocycles. The predicted molar refractivity (Wildman–Crippen MR) is 81.5 cm³/mol. The molecule has 0 unspecified atom stereocenters. The molecule has 0 spiro atoms. The van der Waals surface area contributed by atoms with Crippen molar-refractivity contribution in [2.24, 2.45) is 5.92 Å². The molecule has 0 radical (unpaired) electrons. The van der Waals surface area contributed by atoms with Gasteiger partial charge in [0.15, 0.2) is 0 Å². The SMILES string of the molecule is Fc1ccc(-n2cc(CN3CC[C@@H]4CNC[C@@H]43)nn2)cc1Cl. The van der Waals surface area contributed by atoms with Crippen LogP contribution in [0.25, 0.3) is 5.69 Å². The highest BCUT2D eigenvalue weighted by Crippen LogP contribution is 2.28. The zero-order valence-corrected chi connectivity index (χ0v) is 12.8. The van der Waals surface area contributed by atoms with Gasteiger partial charge in [0.2, 0.25) is 0 Å². The minimum Gasteiger partial charge on any atom is -0.315 e. The molecule has 7 heteroatoms. The number of nitrogens with one attached hydrogen (secondary N) is 1. The zero-order valence-electron chi connectivity index (χ0n) is 12.0. The van der Waals surface area contributed by atoms with E-state index in [1.807, 2.05) is 6.20 Å². The summed E-state index contributed by atoms with van der Waals surface area (Å²) in [6.07, 6.45) is 3.14. The highest BCUT2D eigenvalue weighted by Gasteiger charge is 2.37. The van der Waals surface area contributed by atoms with E-state index in [2.05, 4.69) is 20.5 Å². The maximum atomic E-state index is 13.2. The molecule has 2 aliphatic heterocycles. The maximum absolute atomic E-state index is 13.2. The predicted octanol–water partition coefficient (Wildman–Crippen LogP) is 1.85. The van der Waals surface area contributed by atoms with Crippen molar-refractivity contribution in [2.75, 3.05) is 19.6 Å². The van der Waals surface area contributed by atoms with E-state index in [0.29, 0.717) is 11.7 Å². The van der Waals surface area contributed by atoms with Crippen LogP contribution >= 0.6 is 11.6 Å². The highest BCUT2D eigenvalue weighted by molar-refractivity contribution is 6.30. The maximum Gasteiger partial charge on any atom is 0.141 e. The number of nitrogens with zero attached hydrogens (tertiary/aromatic N) is 4. The van der Waals surface area contributed by atoms with Gasteiger partial charge in [-0.25, -0.2) is 9.07 Å². The van der Waals surface area contributed by atoms with Crippen LogP contribution in [0.4, 0.5) is 4.39 Å². The Morgan fingerprint density at radius 1 is 1.36 bits per heavy atom. The molecule has 22 heavy (non-hydrogen) atoms. The minimum absolute atomic E-state index is 0.0916.